The molecule has 2 heterocycles. The minimum atomic E-state index is 0.572. The summed E-state index contributed by atoms with van der Waals surface area (Å²) < 4.78 is 1.83. The molecule has 35 heavy (non-hydrogen) atoms. The summed E-state index contributed by atoms with van der Waals surface area (Å²) in [5, 5.41) is 4.75. The van der Waals surface area contributed by atoms with Gasteiger partial charge in [0, 0.05) is 22.9 Å². The van der Waals surface area contributed by atoms with Crippen LogP contribution in [0, 0.1) is 6.57 Å². The normalized spacial score (nSPS) is 10.8. The molecule has 6 aromatic rings. The maximum Gasteiger partial charge on any atom is 0.187 e. The van der Waals surface area contributed by atoms with Crippen LogP contribution in [0.3, 0.4) is 0 Å². The standard InChI is InChI=1S/C31H20N4/c1-32-25-16-8-15-24(21-25)30-33-31-28(19-10-20-35(31)34-30)29-26(22-11-4-2-5-12-22)17-9-18-27(29)23-13-6-3-7-14-23/h2-21H. The minimum Gasteiger partial charge on any atom is -0.238 e. The van der Waals surface area contributed by atoms with Crippen molar-refractivity contribution < 1.29 is 0 Å². The summed E-state index contributed by atoms with van der Waals surface area (Å²) >= 11 is 0. The molecule has 0 amide bonds. The molecular formula is C31H20N4. The molecule has 0 unspecified atom stereocenters. The van der Waals surface area contributed by atoms with Gasteiger partial charge in [-0.3, -0.25) is 0 Å². The lowest BCUT2D eigenvalue weighted by atomic mass is 9.88. The van der Waals surface area contributed by atoms with Crippen molar-refractivity contribution in [2.45, 2.75) is 0 Å². The van der Waals surface area contributed by atoms with E-state index in [0.717, 1.165) is 44.6 Å². The molecule has 2 aromatic heterocycles. The van der Waals surface area contributed by atoms with Crippen LogP contribution in [0.5, 0.6) is 0 Å². The molecule has 0 spiro atoms. The van der Waals surface area contributed by atoms with Crippen LogP contribution in [-0.2, 0) is 0 Å². The Morgan fingerprint density at radius 2 is 1.20 bits per heavy atom. The monoisotopic (exact) mass is 448 g/mol. The molecule has 0 fully saturated rings. The molecule has 0 aliphatic carbocycles. The smallest absolute Gasteiger partial charge is 0.187 e. The van der Waals surface area contributed by atoms with Crippen LogP contribution in [-0.4, -0.2) is 14.6 Å². The Hall–Kier alpha value is -5.01. The molecule has 6 rings (SSSR count). The number of pyridine rings is 1. The maximum absolute atomic E-state index is 7.35. The van der Waals surface area contributed by atoms with Crippen LogP contribution in [0.1, 0.15) is 0 Å². The number of benzene rings is 4. The predicted octanol–water partition coefficient (Wildman–Crippen LogP) is 7.95. The second kappa shape index (κ2) is 8.74. The third-order valence-corrected chi connectivity index (χ3v) is 6.10. The van der Waals surface area contributed by atoms with E-state index in [-0.39, 0.29) is 0 Å². The van der Waals surface area contributed by atoms with Gasteiger partial charge >= 0.3 is 0 Å². The van der Waals surface area contributed by atoms with Crippen molar-refractivity contribution >= 4 is 11.3 Å². The summed E-state index contributed by atoms with van der Waals surface area (Å²) in [5.41, 5.74) is 8.86. The summed E-state index contributed by atoms with van der Waals surface area (Å²) in [6.07, 6.45) is 1.92. The Morgan fingerprint density at radius 1 is 0.600 bits per heavy atom. The Morgan fingerprint density at radius 3 is 1.86 bits per heavy atom. The third kappa shape index (κ3) is 3.76. The molecule has 0 aliphatic heterocycles. The van der Waals surface area contributed by atoms with E-state index in [2.05, 4.69) is 77.6 Å². The molecule has 0 atom stereocenters. The Labute approximate surface area is 203 Å². The first-order chi connectivity index (χ1) is 17.3. The van der Waals surface area contributed by atoms with Crippen LogP contribution in [0.4, 0.5) is 5.69 Å². The first-order valence-corrected chi connectivity index (χ1v) is 11.4. The zero-order valence-electron chi connectivity index (χ0n) is 18.8. The second-order valence-electron chi connectivity index (χ2n) is 8.25. The Kier molecular flexibility index (Phi) is 5.14. The van der Waals surface area contributed by atoms with E-state index in [1.165, 1.54) is 0 Å². The highest BCUT2D eigenvalue weighted by Gasteiger charge is 2.18. The maximum atomic E-state index is 7.35. The molecule has 4 aromatic carbocycles. The van der Waals surface area contributed by atoms with E-state index in [1.54, 1.807) is 6.07 Å². The highest BCUT2D eigenvalue weighted by atomic mass is 15.3. The summed E-state index contributed by atoms with van der Waals surface area (Å²) in [7, 11) is 0. The van der Waals surface area contributed by atoms with Gasteiger partial charge in [0.15, 0.2) is 17.2 Å². The van der Waals surface area contributed by atoms with Crippen LogP contribution in [0.2, 0.25) is 0 Å². The fourth-order valence-electron chi connectivity index (χ4n) is 4.50. The number of aromatic nitrogens is 3. The van der Waals surface area contributed by atoms with Crippen molar-refractivity contribution in [1.29, 1.82) is 0 Å². The van der Waals surface area contributed by atoms with Crippen LogP contribution in [0.25, 0.3) is 55.3 Å². The van der Waals surface area contributed by atoms with Crippen LogP contribution < -0.4 is 0 Å². The molecule has 0 radical (unpaired) electrons. The first kappa shape index (κ1) is 20.6. The van der Waals surface area contributed by atoms with Crippen molar-refractivity contribution in [3.63, 3.8) is 0 Å². The largest absolute Gasteiger partial charge is 0.238 e. The lowest BCUT2D eigenvalue weighted by Crippen LogP contribution is -1.94. The van der Waals surface area contributed by atoms with Gasteiger partial charge in [0.05, 0.1) is 6.57 Å². The summed E-state index contributed by atoms with van der Waals surface area (Å²) in [6, 6.07) is 38.9. The van der Waals surface area contributed by atoms with Gasteiger partial charge < -0.3 is 0 Å². The van der Waals surface area contributed by atoms with Gasteiger partial charge in [0.1, 0.15) is 0 Å². The molecule has 0 saturated heterocycles. The van der Waals surface area contributed by atoms with E-state index in [1.807, 2.05) is 47.1 Å². The van der Waals surface area contributed by atoms with Crippen molar-refractivity contribution in [3.8, 4) is 44.8 Å². The third-order valence-electron chi connectivity index (χ3n) is 6.10. The van der Waals surface area contributed by atoms with Crippen molar-refractivity contribution in [1.82, 2.24) is 14.6 Å². The van der Waals surface area contributed by atoms with Gasteiger partial charge in [-0.15, -0.1) is 5.10 Å². The Balaban J connectivity index is 1.63. The van der Waals surface area contributed by atoms with Gasteiger partial charge in [-0.2, -0.15) is 0 Å². The molecule has 0 bridgehead atoms. The fraction of sp³-hybridized carbons (Fsp3) is 0. The molecule has 0 N–H and O–H groups in total. The topological polar surface area (TPSA) is 34.5 Å². The molecular weight excluding hydrogens is 428 g/mol. The summed E-state index contributed by atoms with van der Waals surface area (Å²) in [6.45, 7) is 7.35. The van der Waals surface area contributed by atoms with E-state index in [4.69, 9.17) is 16.7 Å². The number of hydrogen-bond acceptors (Lipinski definition) is 2. The highest BCUT2D eigenvalue weighted by Crippen LogP contribution is 2.41. The molecule has 0 aliphatic rings. The predicted molar refractivity (Wildman–Crippen MR) is 141 cm³/mol. The van der Waals surface area contributed by atoms with Gasteiger partial charge in [-0.25, -0.2) is 14.3 Å². The van der Waals surface area contributed by atoms with Crippen molar-refractivity contribution in [2.75, 3.05) is 0 Å². The fourth-order valence-corrected chi connectivity index (χ4v) is 4.50. The second-order valence-corrected chi connectivity index (χ2v) is 8.25. The Bertz CT molecular complexity index is 1640. The van der Waals surface area contributed by atoms with E-state index in [9.17, 15) is 0 Å². The molecule has 4 heteroatoms. The van der Waals surface area contributed by atoms with Crippen molar-refractivity contribution in [2.24, 2.45) is 0 Å². The average Bonchev–Trinajstić information content (AvgIpc) is 3.38. The van der Waals surface area contributed by atoms with Gasteiger partial charge in [0.25, 0.3) is 0 Å². The quantitative estimate of drug-likeness (QED) is 0.257. The lowest BCUT2D eigenvalue weighted by Gasteiger charge is -2.16. The highest BCUT2D eigenvalue weighted by molar-refractivity contribution is 5.98. The zero-order valence-corrected chi connectivity index (χ0v) is 18.8. The van der Waals surface area contributed by atoms with E-state index < -0.39 is 0 Å². The van der Waals surface area contributed by atoms with E-state index >= 15 is 0 Å². The first-order valence-electron chi connectivity index (χ1n) is 11.4. The van der Waals surface area contributed by atoms with E-state index in [0.29, 0.717) is 11.5 Å². The lowest BCUT2D eigenvalue weighted by molar-refractivity contribution is 0.967. The van der Waals surface area contributed by atoms with Crippen LogP contribution >= 0.6 is 0 Å². The number of hydrogen-bond donors (Lipinski definition) is 0. The van der Waals surface area contributed by atoms with Crippen LogP contribution in [0.15, 0.2) is 121 Å². The SMILES string of the molecule is [C-]#[N+]c1cccc(-c2nc3c(-c4c(-c5ccccc5)cccc4-c4ccccc4)cccn3n2)c1. The zero-order chi connectivity index (χ0) is 23.6. The van der Waals surface area contributed by atoms with Gasteiger partial charge in [-0.05, 0) is 40.5 Å². The number of fused-ring (bicyclic) bond motifs is 1. The number of rotatable bonds is 4. The summed E-state index contributed by atoms with van der Waals surface area (Å²) in [4.78, 5) is 8.51. The number of nitrogens with zero attached hydrogens (tertiary/aromatic N) is 4. The average molecular weight is 449 g/mol. The molecule has 0 saturated carbocycles. The molecule has 164 valence electrons. The van der Waals surface area contributed by atoms with Crippen molar-refractivity contribution in [3.05, 3.63) is 133 Å². The van der Waals surface area contributed by atoms with Gasteiger partial charge in [-0.1, -0.05) is 97.1 Å². The molecule has 4 nitrogen and oxygen atoms in total. The summed E-state index contributed by atoms with van der Waals surface area (Å²) in [5.74, 6) is 0.599. The van der Waals surface area contributed by atoms with Gasteiger partial charge in [0.2, 0.25) is 0 Å². The minimum absolute atomic E-state index is 0.572.